The smallest absolute Gasteiger partial charge is 0.159 e. The van der Waals surface area contributed by atoms with Gasteiger partial charge in [0.05, 0.1) is 13.2 Å². The van der Waals surface area contributed by atoms with Crippen LogP contribution in [0.4, 0.5) is 5.69 Å². The molecule has 1 aliphatic carbocycles. The Hall–Kier alpha value is -2.55. The van der Waals surface area contributed by atoms with E-state index in [2.05, 4.69) is 35.7 Å². The van der Waals surface area contributed by atoms with Crippen molar-refractivity contribution < 1.29 is 9.53 Å². The largest absolute Gasteiger partial charge is 0.496 e. The van der Waals surface area contributed by atoms with E-state index in [1.165, 1.54) is 11.1 Å². The molecular weight excluding hydrogens is 298 g/mol. The van der Waals surface area contributed by atoms with Crippen LogP contribution in [-0.4, -0.2) is 12.9 Å². The number of para-hydroxylation sites is 1. The SMILES string of the molecule is COc1ccccc1[C@@H]1Nc2ccc(C(C)=O)cc2[C@@H]2C=CC[C@@H]21. The summed E-state index contributed by atoms with van der Waals surface area (Å²) in [6.45, 7) is 1.62. The van der Waals surface area contributed by atoms with Crippen LogP contribution in [0.2, 0.25) is 0 Å². The fourth-order valence-corrected chi connectivity index (χ4v) is 4.04. The number of hydrogen-bond donors (Lipinski definition) is 1. The minimum absolute atomic E-state index is 0.114. The quantitative estimate of drug-likeness (QED) is 0.657. The molecular formula is C21H21NO2. The van der Waals surface area contributed by atoms with Crippen molar-refractivity contribution in [2.45, 2.75) is 25.3 Å². The van der Waals surface area contributed by atoms with Gasteiger partial charge in [-0.05, 0) is 49.1 Å². The van der Waals surface area contributed by atoms with Gasteiger partial charge in [-0.2, -0.15) is 0 Å². The molecule has 0 saturated carbocycles. The molecule has 0 saturated heterocycles. The highest BCUT2D eigenvalue weighted by atomic mass is 16.5. The monoisotopic (exact) mass is 319 g/mol. The molecule has 122 valence electrons. The Labute approximate surface area is 142 Å². The third-order valence-corrected chi connectivity index (χ3v) is 5.24. The lowest BCUT2D eigenvalue weighted by molar-refractivity contribution is 0.101. The van der Waals surface area contributed by atoms with Crippen LogP contribution in [0.5, 0.6) is 5.75 Å². The molecule has 0 bridgehead atoms. The molecule has 3 nitrogen and oxygen atoms in total. The average Bonchev–Trinajstić information content (AvgIpc) is 3.10. The summed E-state index contributed by atoms with van der Waals surface area (Å²) in [6.07, 6.45) is 5.58. The highest BCUT2D eigenvalue weighted by Gasteiger charge is 2.39. The molecule has 1 heterocycles. The second-order valence-electron chi connectivity index (χ2n) is 6.58. The Morgan fingerprint density at radius 3 is 2.79 bits per heavy atom. The van der Waals surface area contributed by atoms with Gasteiger partial charge in [-0.3, -0.25) is 4.79 Å². The number of rotatable bonds is 3. The van der Waals surface area contributed by atoms with Gasteiger partial charge in [0.1, 0.15) is 5.75 Å². The average molecular weight is 319 g/mol. The Morgan fingerprint density at radius 1 is 1.17 bits per heavy atom. The molecule has 1 N–H and O–H groups in total. The molecule has 3 atom stereocenters. The van der Waals surface area contributed by atoms with E-state index < -0.39 is 0 Å². The van der Waals surface area contributed by atoms with Crippen molar-refractivity contribution in [3.05, 3.63) is 71.3 Å². The summed E-state index contributed by atoms with van der Waals surface area (Å²) in [5.74, 6) is 1.82. The van der Waals surface area contributed by atoms with Gasteiger partial charge in [0.2, 0.25) is 0 Å². The van der Waals surface area contributed by atoms with Gasteiger partial charge in [-0.25, -0.2) is 0 Å². The number of carbonyl (C=O) groups is 1. The van der Waals surface area contributed by atoms with Crippen molar-refractivity contribution in [3.8, 4) is 5.75 Å². The van der Waals surface area contributed by atoms with Crippen LogP contribution >= 0.6 is 0 Å². The number of hydrogen-bond acceptors (Lipinski definition) is 3. The number of nitrogens with one attached hydrogen (secondary N) is 1. The lowest BCUT2D eigenvalue weighted by Crippen LogP contribution is -2.29. The van der Waals surface area contributed by atoms with Crippen LogP contribution in [-0.2, 0) is 0 Å². The van der Waals surface area contributed by atoms with Gasteiger partial charge in [-0.1, -0.05) is 30.4 Å². The second-order valence-corrected chi connectivity index (χ2v) is 6.58. The van der Waals surface area contributed by atoms with E-state index in [0.29, 0.717) is 11.8 Å². The highest BCUT2D eigenvalue weighted by Crippen LogP contribution is 2.51. The topological polar surface area (TPSA) is 38.3 Å². The maximum Gasteiger partial charge on any atom is 0.159 e. The van der Waals surface area contributed by atoms with Crippen molar-refractivity contribution >= 4 is 11.5 Å². The summed E-state index contributed by atoms with van der Waals surface area (Å²) in [5.41, 5.74) is 4.32. The normalized spacial score (nSPS) is 24.0. The molecule has 2 aromatic rings. The van der Waals surface area contributed by atoms with Crippen molar-refractivity contribution in [3.63, 3.8) is 0 Å². The predicted octanol–water partition coefficient (Wildman–Crippen LogP) is 4.72. The summed E-state index contributed by atoms with van der Waals surface area (Å²) in [4.78, 5) is 11.7. The minimum Gasteiger partial charge on any atom is -0.496 e. The first-order valence-electron chi connectivity index (χ1n) is 8.40. The third kappa shape index (κ3) is 2.32. The molecule has 4 rings (SSSR count). The van der Waals surface area contributed by atoms with Crippen LogP contribution in [0, 0.1) is 5.92 Å². The zero-order chi connectivity index (χ0) is 16.7. The molecule has 0 aromatic heterocycles. The molecule has 24 heavy (non-hydrogen) atoms. The predicted molar refractivity (Wildman–Crippen MR) is 95.8 cm³/mol. The molecule has 0 unspecified atom stereocenters. The second kappa shape index (κ2) is 5.82. The van der Waals surface area contributed by atoms with Gasteiger partial charge in [0.25, 0.3) is 0 Å². The van der Waals surface area contributed by atoms with E-state index in [1.54, 1.807) is 14.0 Å². The number of methoxy groups -OCH3 is 1. The standard InChI is InChI=1S/C21H21NO2/c1-13(23)14-10-11-19-18(12-14)15-7-5-8-16(15)21(22-19)17-6-3-4-9-20(17)24-2/h3-7,9-12,15-16,21-22H,8H2,1-2H3/t15-,16+,21-/m1/s1. The van der Waals surface area contributed by atoms with Crippen LogP contribution in [0.1, 0.15) is 46.8 Å². The van der Waals surface area contributed by atoms with Crippen molar-refractivity contribution in [1.29, 1.82) is 0 Å². The summed E-state index contributed by atoms with van der Waals surface area (Å²) in [6, 6.07) is 14.4. The highest BCUT2D eigenvalue weighted by molar-refractivity contribution is 5.95. The van der Waals surface area contributed by atoms with Crippen LogP contribution in [0.15, 0.2) is 54.6 Å². The van der Waals surface area contributed by atoms with Crippen molar-refractivity contribution in [1.82, 2.24) is 0 Å². The number of fused-ring (bicyclic) bond motifs is 3. The van der Waals surface area contributed by atoms with Crippen LogP contribution in [0.3, 0.4) is 0 Å². The van der Waals surface area contributed by atoms with E-state index in [4.69, 9.17) is 4.74 Å². The zero-order valence-electron chi connectivity index (χ0n) is 14.0. The number of allylic oxidation sites excluding steroid dienone is 2. The molecule has 1 aliphatic heterocycles. The van der Waals surface area contributed by atoms with E-state index in [0.717, 1.165) is 23.4 Å². The van der Waals surface area contributed by atoms with E-state index >= 15 is 0 Å². The molecule has 2 aromatic carbocycles. The Bertz CT molecular complexity index is 824. The van der Waals surface area contributed by atoms with Crippen LogP contribution in [0.25, 0.3) is 0 Å². The van der Waals surface area contributed by atoms with Crippen LogP contribution < -0.4 is 10.1 Å². The van der Waals surface area contributed by atoms with Gasteiger partial charge >= 0.3 is 0 Å². The first-order chi connectivity index (χ1) is 11.7. The van der Waals surface area contributed by atoms with Crippen molar-refractivity contribution in [2.75, 3.05) is 12.4 Å². The molecule has 2 aliphatic rings. The van der Waals surface area contributed by atoms with Gasteiger partial charge < -0.3 is 10.1 Å². The summed E-state index contributed by atoms with van der Waals surface area (Å²) >= 11 is 0. The Morgan fingerprint density at radius 2 is 2.00 bits per heavy atom. The number of Topliss-reactive ketones (excluding diaryl/α,β-unsaturated/α-hetero) is 1. The van der Waals surface area contributed by atoms with E-state index in [1.807, 2.05) is 24.3 Å². The number of anilines is 1. The van der Waals surface area contributed by atoms with Crippen molar-refractivity contribution in [2.24, 2.45) is 5.92 Å². The zero-order valence-corrected chi connectivity index (χ0v) is 14.0. The van der Waals surface area contributed by atoms with Gasteiger partial charge in [-0.15, -0.1) is 0 Å². The lowest BCUT2D eigenvalue weighted by atomic mass is 9.76. The first kappa shape index (κ1) is 15.0. The molecule has 0 radical (unpaired) electrons. The molecule has 0 amide bonds. The number of ketones is 1. The van der Waals surface area contributed by atoms with Gasteiger partial charge in [0.15, 0.2) is 5.78 Å². The fourth-order valence-electron chi connectivity index (χ4n) is 4.04. The first-order valence-corrected chi connectivity index (χ1v) is 8.40. The molecule has 0 fully saturated rings. The summed E-state index contributed by atoms with van der Waals surface area (Å²) < 4.78 is 5.58. The van der Waals surface area contributed by atoms with E-state index in [-0.39, 0.29) is 11.8 Å². The Balaban J connectivity index is 1.80. The minimum atomic E-state index is 0.114. The third-order valence-electron chi connectivity index (χ3n) is 5.24. The van der Waals surface area contributed by atoms with Gasteiger partial charge in [0, 0.05) is 22.7 Å². The van der Waals surface area contributed by atoms with E-state index in [9.17, 15) is 4.79 Å². The summed E-state index contributed by atoms with van der Waals surface area (Å²) in [7, 11) is 1.72. The number of carbonyl (C=O) groups excluding carboxylic acids is 1. The molecule has 3 heteroatoms. The Kier molecular flexibility index (Phi) is 3.64. The summed E-state index contributed by atoms with van der Waals surface area (Å²) in [5, 5.41) is 3.69. The maximum atomic E-state index is 11.7. The number of benzene rings is 2. The number of ether oxygens (including phenoxy) is 1. The lowest BCUT2D eigenvalue weighted by Gasteiger charge is -2.38. The molecule has 0 spiro atoms. The maximum absolute atomic E-state index is 11.7. The fraction of sp³-hybridized carbons (Fsp3) is 0.286.